The Kier molecular flexibility index (Phi) is 3.12. The molecule has 1 N–H and O–H groups in total. The van der Waals surface area contributed by atoms with Gasteiger partial charge in [0.15, 0.2) is 5.82 Å². The predicted molar refractivity (Wildman–Crippen MR) is 56.2 cm³/mol. The van der Waals surface area contributed by atoms with E-state index in [1.165, 1.54) is 0 Å². The average Bonchev–Trinajstić information content (AvgIpc) is 2.75. The molecule has 2 aromatic rings. The number of halogens is 3. The van der Waals surface area contributed by atoms with E-state index in [-0.39, 0.29) is 12.2 Å². The third-order valence-corrected chi connectivity index (χ3v) is 2.21. The van der Waals surface area contributed by atoms with E-state index in [0.717, 1.165) is 5.56 Å². The van der Waals surface area contributed by atoms with E-state index in [2.05, 4.69) is 15.2 Å². The van der Waals surface area contributed by atoms with Crippen LogP contribution in [0.4, 0.5) is 13.2 Å². The van der Waals surface area contributed by atoms with E-state index in [4.69, 9.17) is 0 Å². The number of aromatic nitrogens is 3. The zero-order valence-corrected chi connectivity index (χ0v) is 8.83. The largest absolute Gasteiger partial charge is 0.389 e. The molecule has 1 aromatic carbocycles. The van der Waals surface area contributed by atoms with Crippen molar-refractivity contribution < 1.29 is 13.2 Å². The number of aryl methyl sites for hydroxylation is 1. The number of nitrogens with one attached hydrogen (secondary N) is 1. The first-order valence-corrected chi connectivity index (χ1v) is 5.08. The number of hydrogen-bond donors (Lipinski definition) is 1. The molecule has 0 saturated carbocycles. The molecule has 0 spiro atoms. The minimum Gasteiger partial charge on any atom is -0.263 e. The molecule has 0 atom stereocenters. The van der Waals surface area contributed by atoms with Crippen LogP contribution in [0.2, 0.25) is 0 Å². The van der Waals surface area contributed by atoms with Crippen LogP contribution in [0.15, 0.2) is 30.3 Å². The second-order valence-electron chi connectivity index (χ2n) is 3.59. The van der Waals surface area contributed by atoms with Gasteiger partial charge in [0.1, 0.15) is 5.82 Å². The van der Waals surface area contributed by atoms with Crippen LogP contribution in [0.1, 0.15) is 12.2 Å². The van der Waals surface area contributed by atoms with Crippen molar-refractivity contribution in [2.45, 2.75) is 19.0 Å². The van der Waals surface area contributed by atoms with Gasteiger partial charge in [-0.3, -0.25) is 5.10 Å². The van der Waals surface area contributed by atoms with Crippen LogP contribution in [-0.4, -0.2) is 21.4 Å². The zero-order chi connectivity index (χ0) is 12.3. The third-order valence-electron chi connectivity index (χ3n) is 2.21. The molecule has 0 bridgehead atoms. The fourth-order valence-corrected chi connectivity index (χ4v) is 1.38. The van der Waals surface area contributed by atoms with Crippen molar-refractivity contribution in [3.63, 3.8) is 0 Å². The van der Waals surface area contributed by atoms with Crippen molar-refractivity contribution >= 4 is 0 Å². The Labute approximate surface area is 95.7 Å². The van der Waals surface area contributed by atoms with Gasteiger partial charge >= 0.3 is 6.18 Å². The molecule has 0 amide bonds. The summed E-state index contributed by atoms with van der Waals surface area (Å²) >= 11 is 0. The van der Waals surface area contributed by atoms with Gasteiger partial charge in [0.2, 0.25) is 0 Å². The fraction of sp³-hybridized carbons (Fsp3) is 0.273. The van der Waals surface area contributed by atoms with E-state index in [1.54, 1.807) is 12.1 Å². The molecule has 2 rings (SSSR count). The van der Waals surface area contributed by atoms with Crippen LogP contribution in [0.5, 0.6) is 0 Å². The first kappa shape index (κ1) is 11.6. The van der Waals surface area contributed by atoms with E-state index in [9.17, 15) is 13.2 Å². The van der Waals surface area contributed by atoms with Crippen LogP contribution >= 0.6 is 0 Å². The van der Waals surface area contributed by atoms with E-state index < -0.39 is 12.6 Å². The number of hydrogen-bond acceptors (Lipinski definition) is 2. The molecule has 0 fully saturated rings. The highest BCUT2D eigenvalue weighted by Crippen LogP contribution is 2.21. The first-order chi connectivity index (χ1) is 8.04. The number of aromatic amines is 1. The number of rotatable bonds is 3. The quantitative estimate of drug-likeness (QED) is 0.897. The van der Waals surface area contributed by atoms with Gasteiger partial charge < -0.3 is 0 Å². The lowest BCUT2D eigenvalue weighted by Crippen LogP contribution is -2.09. The minimum absolute atomic E-state index is 0.177. The maximum absolute atomic E-state index is 12.0. The Bertz CT molecular complexity index is 476. The molecule has 0 unspecified atom stereocenters. The lowest BCUT2D eigenvalue weighted by molar-refractivity contribution is -0.134. The maximum Gasteiger partial charge on any atom is 0.389 e. The summed E-state index contributed by atoms with van der Waals surface area (Å²) in [7, 11) is 0. The average molecular weight is 241 g/mol. The molecule has 0 radical (unpaired) electrons. The number of alkyl halides is 3. The highest BCUT2D eigenvalue weighted by atomic mass is 19.4. The van der Waals surface area contributed by atoms with Gasteiger partial charge in [-0.05, 0) is 0 Å². The number of nitrogens with zero attached hydrogens (tertiary/aromatic N) is 2. The summed E-state index contributed by atoms with van der Waals surface area (Å²) in [6.07, 6.45) is -5.24. The summed E-state index contributed by atoms with van der Waals surface area (Å²) in [5.41, 5.74) is 0.780. The lowest BCUT2D eigenvalue weighted by atomic mass is 10.2. The number of benzene rings is 1. The Balaban J connectivity index is 2.07. The second-order valence-corrected chi connectivity index (χ2v) is 3.59. The van der Waals surface area contributed by atoms with Gasteiger partial charge in [0.05, 0.1) is 6.42 Å². The van der Waals surface area contributed by atoms with Crippen LogP contribution < -0.4 is 0 Å². The summed E-state index contributed by atoms with van der Waals surface area (Å²) in [5.74, 6) is 0.670. The predicted octanol–water partition coefficient (Wildman–Crippen LogP) is 2.97. The Morgan fingerprint density at radius 1 is 1.12 bits per heavy atom. The van der Waals surface area contributed by atoms with Crippen molar-refractivity contribution in [1.82, 2.24) is 15.2 Å². The Hall–Kier alpha value is -1.85. The normalized spacial score (nSPS) is 11.7. The Morgan fingerprint density at radius 3 is 2.47 bits per heavy atom. The SMILES string of the molecule is FC(F)(F)CCc1nc(-c2ccccc2)n[nH]1. The molecule has 0 aliphatic rings. The molecular weight excluding hydrogens is 231 g/mol. The lowest BCUT2D eigenvalue weighted by Gasteiger charge is -2.02. The molecule has 90 valence electrons. The summed E-state index contributed by atoms with van der Waals surface area (Å²) in [5, 5.41) is 6.40. The molecule has 3 nitrogen and oxygen atoms in total. The van der Waals surface area contributed by atoms with E-state index in [0.29, 0.717) is 5.82 Å². The molecule has 0 aliphatic heterocycles. The van der Waals surface area contributed by atoms with Crippen LogP contribution in [0.3, 0.4) is 0 Å². The molecule has 1 aromatic heterocycles. The van der Waals surface area contributed by atoms with Crippen LogP contribution in [0.25, 0.3) is 11.4 Å². The summed E-state index contributed by atoms with van der Waals surface area (Å²) in [6, 6.07) is 9.09. The van der Waals surface area contributed by atoms with Gasteiger partial charge in [-0.1, -0.05) is 30.3 Å². The minimum atomic E-state index is -4.17. The molecule has 6 heteroatoms. The standard InChI is InChI=1S/C11H10F3N3/c12-11(13,14)7-6-9-15-10(17-16-9)8-4-2-1-3-5-8/h1-5H,6-7H2,(H,15,16,17). The van der Waals surface area contributed by atoms with Crippen molar-refractivity contribution in [3.8, 4) is 11.4 Å². The summed E-state index contributed by atoms with van der Waals surface area (Å²) in [6.45, 7) is 0. The van der Waals surface area contributed by atoms with Crippen LogP contribution in [-0.2, 0) is 6.42 Å². The highest BCUT2D eigenvalue weighted by Gasteiger charge is 2.27. The fourth-order valence-electron chi connectivity index (χ4n) is 1.38. The zero-order valence-electron chi connectivity index (χ0n) is 8.83. The summed E-state index contributed by atoms with van der Waals surface area (Å²) in [4.78, 5) is 4.02. The molecule has 1 heterocycles. The van der Waals surface area contributed by atoms with Gasteiger partial charge in [-0.2, -0.15) is 18.3 Å². The van der Waals surface area contributed by atoms with E-state index in [1.807, 2.05) is 18.2 Å². The van der Waals surface area contributed by atoms with Gasteiger partial charge in [0, 0.05) is 12.0 Å². The number of H-pyrrole nitrogens is 1. The third kappa shape index (κ3) is 3.30. The van der Waals surface area contributed by atoms with Crippen molar-refractivity contribution in [1.29, 1.82) is 0 Å². The van der Waals surface area contributed by atoms with Gasteiger partial charge in [0.25, 0.3) is 0 Å². The van der Waals surface area contributed by atoms with Crippen LogP contribution in [0, 0.1) is 0 Å². The monoisotopic (exact) mass is 241 g/mol. The van der Waals surface area contributed by atoms with Crippen molar-refractivity contribution in [2.75, 3.05) is 0 Å². The summed E-state index contributed by atoms with van der Waals surface area (Å²) < 4.78 is 36.0. The maximum atomic E-state index is 12.0. The molecule has 17 heavy (non-hydrogen) atoms. The second kappa shape index (κ2) is 4.57. The topological polar surface area (TPSA) is 41.6 Å². The molecule has 0 saturated heterocycles. The van der Waals surface area contributed by atoms with Crippen molar-refractivity contribution in [3.05, 3.63) is 36.2 Å². The molecular formula is C11H10F3N3. The molecule has 0 aliphatic carbocycles. The van der Waals surface area contributed by atoms with Crippen molar-refractivity contribution in [2.24, 2.45) is 0 Å². The van der Waals surface area contributed by atoms with E-state index >= 15 is 0 Å². The van der Waals surface area contributed by atoms with Gasteiger partial charge in [-0.25, -0.2) is 4.98 Å². The van der Waals surface area contributed by atoms with Gasteiger partial charge in [-0.15, -0.1) is 0 Å². The first-order valence-electron chi connectivity index (χ1n) is 5.08. The highest BCUT2D eigenvalue weighted by molar-refractivity contribution is 5.53. The smallest absolute Gasteiger partial charge is 0.263 e. The Morgan fingerprint density at radius 2 is 1.82 bits per heavy atom.